The zero-order valence-corrected chi connectivity index (χ0v) is 24.0. The summed E-state index contributed by atoms with van der Waals surface area (Å²) in [5.74, 6) is 1.18. The average molecular weight is 555 g/mol. The summed E-state index contributed by atoms with van der Waals surface area (Å²) in [4.78, 5) is 21.3. The van der Waals surface area contributed by atoms with Crippen LogP contribution in [0.1, 0.15) is 50.7 Å². The summed E-state index contributed by atoms with van der Waals surface area (Å²) in [6.45, 7) is 4.56. The zero-order valence-electron chi connectivity index (χ0n) is 24.0. The van der Waals surface area contributed by atoms with Crippen molar-refractivity contribution in [3.05, 3.63) is 120 Å². The Morgan fingerprint density at radius 3 is 1.62 bits per heavy atom. The van der Waals surface area contributed by atoms with Crippen LogP contribution in [0.5, 0.6) is 6.01 Å². The van der Waals surface area contributed by atoms with Gasteiger partial charge in [0, 0.05) is 16.5 Å². The van der Waals surface area contributed by atoms with E-state index in [1.54, 1.807) is 0 Å². The second kappa shape index (κ2) is 11.0. The Morgan fingerprint density at radius 2 is 1.07 bits per heavy atom. The fourth-order valence-corrected chi connectivity index (χ4v) is 6.18. The second-order valence-corrected chi connectivity index (χ2v) is 11.5. The van der Waals surface area contributed by atoms with Crippen LogP contribution in [0.15, 0.2) is 109 Å². The van der Waals surface area contributed by atoms with Gasteiger partial charge in [-0.2, -0.15) is 9.97 Å². The highest BCUT2D eigenvalue weighted by Crippen LogP contribution is 2.49. The molecule has 210 valence electrons. The number of aromatic nitrogens is 3. The maximum absolute atomic E-state index is 6.93. The first-order chi connectivity index (χ1) is 20.6. The lowest BCUT2D eigenvalue weighted by Crippen LogP contribution is -2.43. The van der Waals surface area contributed by atoms with Crippen molar-refractivity contribution in [2.45, 2.75) is 57.2 Å². The number of para-hydroxylation sites is 2. The van der Waals surface area contributed by atoms with Gasteiger partial charge in [-0.25, -0.2) is 10.0 Å². The molecule has 0 unspecified atom stereocenters. The molecule has 5 aromatic rings. The molecule has 2 atom stereocenters. The molecular weight excluding hydrogens is 520 g/mol. The summed E-state index contributed by atoms with van der Waals surface area (Å²) in [6, 6.07) is 37.4. The number of fused-ring (bicyclic) bond motifs is 2. The number of anilines is 2. The van der Waals surface area contributed by atoms with Crippen molar-refractivity contribution in [3.63, 3.8) is 0 Å². The Morgan fingerprint density at radius 1 is 0.595 bits per heavy atom. The minimum absolute atomic E-state index is 0.137. The molecule has 4 aromatic carbocycles. The van der Waals surface area contributed by atoms with Gasteiger partial charge < -0.3 is 4.74 Å². The molecule has 0 saturated heterocycles. The number of benzene rings is 4. The zero-order chi connectivity index (χ0) is 28.5. The van der Waals surface area contributed by atoms with E-state index in [-0.39, 0.29) is 17.6 Å². The molecule has 2 aliphatic rings. The van der Waals surface area contributed by atoms with Gasteiger partial charge in [0.05, 0.1) is 11.4 Å². The van der Waals surface area contributed by atoms with Crippen molar-refractivity contribution in [2.75, 3.05) is 5.06 Å². The largest absolute Gasteiger partial charge is 0.457 e. The van der Waals surface area contributed by atoms with E-state index in [0.717, 1.165) is 48.2 Å². The molecule has 1 aliphatic heterocycles. The summed E-state index contributed by atoms with van der Waals surface area (Å²) in [5, 5.41) is 2.03. The summed E-state index contributed by atoms with van der Waals surface area (Å²) in [6.07, 6.45) is 3.51. The van der Waals surface area contributed by atoms with Crippen LogP contribution in [0.25, 0.3) is 22.8 Å². The van der Waals surface area contributed by atoms with Crippen molar-refractivity contribution in [1.82, 2.24) is 15.0 Å². The molecule has 1 fully saturated rings. The number of rotatable bonds is 6. The van der Waals surface area contributed by atoms with Crippen molar-refractivity contribution in [3.8, 4) is 28.8 Å². The average Bonchev–Trinajstić information content (AvgIpc) is 3.05. The van der Waals surface area contributed by atoms with E-state index >= 15 is 0 Å². The highest BCUT2D eigenvalue weighted by molar-refractivity contribution is 5.76. The van der Waals surface area contributed by atoms with Crippen LogP contribution in [0, 0.1) is 0 Å². The third-order valence-corrected chi connectivity index (χ3v) is 8.41. The van der Waals surface area contributed by atoms with Gasteiger partial charge in [-0.05, 0) is 42.5 Å². The summed E-state index contributed by atoms with van der Waals surface area (Å²) >= 11 is 0. The fraction of sp³-hybridized carbons (Fsp3) is 0.250. The van der Waals surface area contributed by atoms with Gasteiger partial charge in [0.1, 0.15) is 12.2 Å². The Bertz CT molecular complexity index is 1580. The molecule has 0 amide bonds. The van der Waals surface area contributed by atoms with Gasteiger partial charge in [0.15, 0.2) is 11.6 Å². The van der Waals surface area contributed by atoms with Crippen molar-refractivity contribution in [1.29, 1.82) is 0 Å². The van der Waals surface area contributed by atoms with E-state index in [9.17, 15) is 0 Å². The van der Waals surface area contributed by atoms with Crippen LogP contribution in [-0.4, -0.2) is 27.2 Å². The van der Waals surface area contributed by atoms with Crippen molar-refractivity contribution in [2.24, 2.45) is 0 Å². The molecule has 6 heteroatoms. The quantitative estimate of drug-likeness (QED) is 0.210. The summed E-state index contributed by atoms with van der Waals surface area (Å²) in [5.41, 5.74) is 6.34. The highest BCUT2D eigenvalue weighted by Gasteiger charge is 2.39. The number of nitrogens with zero attached hydrogens (tertiary/aromatic N) is 4. The second-order valence-electron chi connectivity index (χ2n) is 11.5. The smallest absolute Gasteiger partial charge is 0.320 e. The molecule has 0 spiro atoms. The molecule has 0 N–H and O–H groups in total. The SMILES string of the molecule is CC1(C)c2ccccc2N(O[C@@H]2CCCC[C@@H]2Oc2nc(-c3ccccc3)nc(-c3ccccc3)n2)c2ccccc21. The fourth-order valence-electron chi connectivity index (χ4n) is 6.18. The molecule has 42 heavy (non-hydrogen) atoms. The normalized spacial score (nSPS) is 19.0. The molecule has 6 nitrogen and oxygen atoms in total. The molecule has 7 rings (SSSR count). The number of ether oxygens (including phenoxy) is 1. The lowest BCUT2D eigenvalue weighted by molar-refractivity contribution is -0.0516. The Kier molecular flexibility index (Phi) is 6.92. The van der Waals surface area contributed by atoms with Gasteiger partial charge >= 0.3 is 6.01 Å². The Hall–Kier alpha value is -4.55. The van der Waals surface area contributed by atoms with Crippen LogP contribution in [0.2, 0.25) is 0 Å². The van der Waals surface area contributed by atoms with Crippen LogP contribution in [0.4, 0.5) is 11.4 Å². The molecule has 1 saturated carbocycles. The molecule has 2 heterocycles. The predicted octanol–water partition coefficient (Wildman–Crippen LogP) is 8.30. The Labute approximate surface area is 247 Å². The van der Waals surface area contributed by atoms with Crippen molar-refractivity contribution < 1.29 is 9.57 Å². The molecule has 1 aliphatic carbocycles. The first kappa shape index (κ1) is 26.4. The third kappa shape index (κ3) is 4.92. The van der Waals surface area contributed by atoms with Gasteiger partial charge in [-0.3, -0.25) is 4.84 Å². The third-order valence-electron chi connectivity index (χ3n) is 8.41. The van der Waals surface area contributed by atoms with Crippen LogP contribution in [-0.2, 0) is 10.3 Å². The highest BCUT2D eigenvalue weighted by atomic mass is 16.7. The number of hydrogen-bond acceptors (Lipinski definition) is 6. The summed E-state index contributed by atoms with van der Waals surface area (Å²) < 4.78 is 6.64. The molecule has 0 bridgehead atoms. The van der Waals surface area contributed by atoms with Gasteiger partial charge in [-0.1, -0.05) is 117 Å². The monoisotopic (exact) mass is 554 g/mol. The van der Waals surface area contributed by atoms with E-state index < -0.39 is 0 Å². The van der Waals surface area contributed by atoms with Crippen LogP contribution >= 0.6 is 0 Å². The summed E-state index contributed by atoms with van der Waals surface area (Å²) in [7, 11) is 0. The van der Waals surface area contributed by atoms with Crippen LogP contribution < -0.4 is 9.80 Å². The van der Waals surface area contributed by atoms with Gasteiger partial charge in [0.2, 0.25) is 0 Å². The molecular formula is C36H34N4O2. The van der Waals surface area contributed by atoms with E-state index in [0.29, 0.717) is 17.7 Å². The maximum atomic E-state index is 6.93. The van der Waals surface area contributed by atoms with E-state index in [1.165, 1.54) is 11.1 Å². The predicted molar refractivity (Wildman–Crippen MR) is 166 cm³/mol. The topological polar surface area (TPSA) is 60.4 Å². The lowest BCUT2D eigenvalue weighted by atomic mass is 9.74. The Balaban J connectivity index is 1.23. The number of hydrogen-bond donors (Lipinski definition) is 0. The van der Waals surface area contributed by atoms with E-state index in [1.807, 2.05) is 65.7 Å². The molecule has 1 aromatic heterocycles. The lowest BCUT2D eigenvalue weighted by Gasteiger charge is -2.43. The standard InChI is InChI=1S/C36H34N4O2/c1-36(2)27-19-9-11-21-29(27)40(30-22-12-10-20-28(30)36)42-32-24-14-13-23-31(32)41-35-38-33(25-15-5-3-6-16-25)37-34(39-35)26-17-7-4-8-18-26/h3-12,15-22,31-32H,13-14,23-24H2,1-2H3/t31-,32+/m0/s1. The van der Waals surface area contributed by atoms with E-state index in [2.05, 4.69) is 62.4 Å². The van der Waals surface area contributed by atoms with Crippen molar-refractivity contribution >= 4 is 11.4 Å². The van der Waals surface area contributed by atoms with Crippen LogP contribution in [0.3, 0.4) is 0 Å². The first-order valence-corrected chi connectivity index (χ1v) is 14.8. The van der Waals surface area contributed by atoms with E-state index in [4.69, 9.17) is 24.5 Å². The molecule has 0 radical (unpaired) electrons. The minimum atomic E-state index is -0.206. The van der Waals surface area contributed by atoms with Gasteiger partial charge in [0.25, 0.3) is 0 Å². The minimum Gasteiger partial charge on any atom is -0.457 e. The van der Waals surface area contributed by atoms with Gasteiger partial charge in [-0.15, -0.1) is 0 Å². The first-order valence-electron chi connectivity index (χ1n) is 14.8. The maximum Gasteiger partial charge on any atom is 0.320 e.